The predicted molar refractivity (Wildman–Crippen MR) is 155 cm³/mol. The molecule has 3 aliphatic carbocycles. The monoisotopic (exact) mass is 522 g/mol. The van der Waals surface area contributed by atoms with E-state index in [2.05, 4.69) is 36.2 Å². The third-order valence-corrected chi connectivity index (χ3v) is 10.5. The van der Waals surface area contributed by atoms with Crippen LogP contribution in [0, 0.1) is 17.3 Å². The summed E-state index contributed by atoms with van der Waals surface area (Å²) in [5.74, 6) is 2.89. The SMILES string of the molecule is COc1cccc(C2=NN(c3ccccc3)C(c3cc4c(cc3O)CC[C@@H]3[C@@H]4CC[C@]4(C)[C@@H](O)CC[C@@H]34)C2)c1. The van der Waals surface area contributed by atoms with E-state index in [4.69, 9.17) is 9.84 Å². The molecule has 5 nitrogen and oxygen atoms in total. The fourth-order valence-corrected chi connectivity index (χ4v) is 8.41. The molecule has 5 heteroatoms. The van der Waals surface area contributed by atoms with E-state index in [-0.39, 0.29) is 17.6 Å². The van der Waals surface area contributed by atoms with E-state index in [0.717, 1.165) is 66.8 Å². The van der Waals surface area contributed by atoms with Crippen LogP contribution in [0.25, 0.3) is 0 Å². The molecule has 4 aliphatic rings. The number of hydrogen-bond donors (Lipinski definition) is 2. The van der Waals surface area contributed by atoms with Crippen LogP contribution in [0.2, 0.25) is 0 Å². The molecule has 0 bridgehead atoms. The summed E-state index contributed by atoms with van der Waals surface area (Å²) >= 11 is 0. The third-order valence-electron chi connectivity index (χ3n) is 10.5. The summed E-state index contributed by atoms with van der Waals surface area (Å²) in [5, 5.41) is 29.4. The molecule has 1 heterocycles. The summed E-state index contributed by atoms with van der Waals surface area (Å²) < 4.78 is 5.49. The van der Waals surface area contributed by atoms with Crippen LogP contribution in [-0.2, 0) is 6.42 Å². The zero-order valence-corrected chi connectivity index (χ0v) is 22.9. The van der Waals surface area contributed by atoms with E-state index < -0.39 is 0 Å². The maximum absolute atomic E-state index is 11.4. The highest BCUT2D eigenvalue weighted by atomic mass is 16.5. The average molecular weight is 523 g/mol. The molecule has 202 valence electrons. The van der Waals surface area contributed by atoms with Crippen LogP contribution in [0.4, 0.5) is 5.69 Å². The Balaban J connectivity index is 1.27. The number of aryl methyl sites for hydroxylation is 1. The first-order chi connectivity index (χ1) is 19.0. The molecule has 2 saturated carbocycles. The minimum Gasteiger partial charge on any atom is -0.508 e. The Hall–Kier alpha value is -3.31. The number of phenolic OH excluding ortho intramolecular Hbond substituents is 1. The van der Waals surface area contributed by atoms with Crippen LogP contribution < -0.4 is 9.75 Å². The summed E-state index contributed by atoms with van der Waals surface area (Å²) in [6.45, 7) is 2.33. The first kappa shape index (κ1) is 24.7. The van der Waals surface area contributed by atoms with E-state index in [1.807, 2.05) is 42.5 Å². The number of fused-ring (bicyclic) bond motifs is 5. The van der Waals surface area contributed by atoms with Crippen molar-refractivity contribution < 1.29 is 14.9 Å². The van der Waals surface area contributed by atoms with Gasteiger partial charge in [-0.2, -0.15) is 5.10 Å². The Labute approximate surface area is 231 Å². The van der Waals surface area contributed by atoms with Gasteiger partial charge in [0.1, 0.15) is 11.5 Å². The molecule has 7 rings (SSSR count). The van der Waals surface area contributed by atoms with Gasteiger partial charge in [0.2, 0.25) is 0 Å². The molecule has 6 atom stereocenters. The molecule has 0 radical (unpaired) electrons. The number of para-hydroxylation sites is 1. The molecular weight excluding hydrogens is 484 g/mol. The van der Waals surface area contributed by atoms with E-state index in [0.29, 0.717) is 29.9 Å². The van der Waals surface area contributed by atoms with Gasteiger partial charge in [-0.05, 0) is 109 Å². The number of hydrogen-bond acceptors (Lipinski definition) is 5. The number of nitrogens with zero attached hydrogens (tertiary/aromatic N) is 2. The van der Waals surface area contributed by atoms with Crippen LogP contribution in [0.5, 0.6) is 11.5 Å². The highest BCUT2D eigenvalue weighted by Crippen LogP contribution is 2.61. The first-order valence-corrected chi connectivity index (χ1v) is 14.6. The van der Waals surface area contributed by atoms with Gasteiger partial charge in [-0.3, -0.25) is 5.01 Å². The molecule has 39 heavy (non-hydrogen) atoms. The smallest absolute Gasteiger partial charge is 0.121 e. The van der Waals surface area contributed by atoms with E-state index in [9.17, 15) is 10.2 Å². The summed E-state index contributed by atoms with van der Waals surface area (Å²) in [7, 11) is 1.69. The van der Waals surface area contributed by atoms with Crippen LogP contribution in [0.15, 0.2) is 71.8 Å². The second-order valence-corrected chi connectivity index (χ2v) is 12.3. The predicted octanol–water partition coefficient (Wildman–Crippen LogP) is 6.97. The zero-order chi connectivity index (χ0) is 26.7. The Morgan fingerprint density at radius 3 is 2.62 bits per heavy atom. The van der Waals surface area contributed by atoms with Crippen molar-refractivity contribution in [1.82, 2.24) is 0 Å². The largest absolute Gasteiger partial charge is 0.508 e. The first-order valence-electron chi connectivity index (χ1n) is 14.6. The summed E-state index contributed by atoms with van der Waals surface area (Å²) in [6, 6.07) is 22.6. The highest BCUT2D eigenvalue weighted by molar-refractivity contribution is 6.03. The van der Waals surface area contributed by atoms with Gasteiger partial charge < -0.3 is 14.9 Å². The number of aromatic hydroxyl groups is 1. The molecule has 2 fully saturated rings. The van der Waals surface area contributed by atoms with Crippen LogP contribution in [0.1, 0.15) is 79.7 Å². The van der Waals surface area contributed by atoms with Crippen molar-refractivity contribution in [2.75, 3.05) is 12.1 Å². The van der Waals surface area contributed by atoms with Crippen LogP contribution >= 0.6 is 0 Å². The lowest BCUT2D eigenvalue weighted by molar-refractivity contribution is -0.0226. The summed E-state index contributed by atoms with van der Waals surface area (Å²) in [6.07, 6.45) is 6.98. The number of benzene rings is 3. The van der Waals surface area contributed by atoms with Crippen molar-refractivity contribution in [3.63, 3.8) is 0 Å². The second-order valence-electron chi connectivity index (χ2n) is 12.3. The lowest BCUT2D eigenvalue weighted by Gasteiger charge is -2.50. The van der Waals surface area contributed by atoms with Gasteiger partial charge in [-0.1, -0.05) is 37.3 Å². The topological polar surface area (TPSA) is 65.3 Å². The fourth-order valence-electron chi connectivity index (χ4n) is 8.41. The number of ether oxygens (including phenoxy) is 1. The molecule has 3 aromatic rings. The van der Waals surface area contributed by atoms with E-state index >= 15 is 0 Å². The van der Waals surface area contributed by atoms with E-state index in [1.54, 1.807) is 7.11 Å². The number of phenols is 1. The molecule has 0 amide bonds. The quantitative estimate of drug-likeness (QED) is 0.388. The fraction of sp³-hybridized carbons (Fsp3) is 0.441. The highest BCUT2D eigenvalue weighted by Gasteiger charge is 2.54. The van der Waals surface area contributed by atoms with Crippen molar-refractivity contribution in [3.05, 3.63) is 89.0 Å². The maximum atomic E-state index is 11.4. The van der Waals surface area contributed by atoms with Crippen LogP contribution in [0.3, 0.4) is 0 Å². The summed E-state index contributed by atoms with van der Waals surface area (Å²) in [4.78, 5) is 0. The molecule has 0 aromatic heterocycles. The van der Waals surface area contributed by atoms with Gasteiger partial charge >= 0.3 is 0 Å². The Morgan fingerprint density at radius 1 is 0.949 bits per heavy atom. The molecule has 3 aromatic carbocycles. The van der Waals surface area contributed by atoms with Gasteiger partial charge in [0, 0.05) is 17.5 Å². The number of rotatable bonds is 4. The molecule has 0 spiro atoms. The van der Waals surface area contributed by atoms with Crippen molar-refractivity contribution in [3.8, 4) is 11.5 Å². The Morgan fingerprint density at radius 2 is 1.79 bits per heavy atom. The minimum absolute atomic E-state index is 0.0630. The molecule has 0 saturated heterocycles. The van der Waals surface area contributed by atoms with Crippen molar-refractivity contribution in [2.24, 2.45) is 22.4 Å². The molecule has 1 unspecified atom stereocenters. The van der Waals surface area contributed by atoms with Crippen molar-refractivity contribution >= 4 is 11.4 Å². The molecule has 2 N–H and O–H groups in total. The average Bonchev–Trinajstić information content (AvgIpc) is 3.54. The summed E-state index contributed by atoms with van der Waals surface area (Å²) in [5.41, 5.74) is 6.80. The van der Waals surface area contributed by atoms with Gasteiger partial charge in [0.25, 0.3) is 0 Å². The molecular formula is C34H38N2O3. The van der Waals surface area contributed by atoms with Crippen LogP contribution in [-0.4, -0.2) is 29.1 Å². The number of anilines is 1. The number of aliphatic hydroxyl groups is 1. The normalized spacial score (nSPS) is 31.3. The second kappa shape index (κ2) is 9.41. The zero-order valence-electron chi connectivity index (χ0n) is 22.9. The van der Waals surface area contributed by atoms with Gasteiger partial charge in [-0.25, -0.2) is 0 Å². The molecule has 1 aliphatic heterocycles. The number of hydrazone groups is 1. The lowest BCUT2D eigenvalue weighted by Crippen LogP contribution is -2.44. The van der Waals surface area contributed by atoms with Crippen molar-refractivity contribution in [2.45, 2.75) is 69.9 Å². The third kappa shape index (κ3) is 3.97. The Kier molecular flexibility index (Phi) is 5.96. The number of aliphatic hydroxyl groups excluding tert-OH is 1. The Bertz CT molecular complexity index is 1420. The number of methoxy groups -OCH3 is 1. The van der Waals surface area contributed by atoms with E-state index in [1.165, 1.54) is 11.1 Å². The van der Waals surface area contributed by atoms with Crippen molar-refractivity contribution in [1.29, 1.82) is 0 Å². The van der Waals surface area contributed by atoms with Gasteiger partial charge in [0.15, 0.2) is 0 Å². The lowest BCUT2D eigenvalue weighted by atomic mass is 9.55. The van der Waals surface area contributed by atoms with Gasteiger partial charge in [0.05, 0.1) is 30.7 Å². The maximum Gasteiger partial charge on any atom is 0.121 e. The standard InChI is InChI=1S/C34H38N2O3/c1-34-16-15-25-26(29(34)13-14-33(34)38)12-11-21-18-32(37)28(19-27(21)25)31-20-30(22-7-6-10-24(17-22)39-2)35-36(31)23-8-4-3-5-9-23/h3-10,17-19,25-26,29,31,33,37-38H,11-16,20H2,1-2H3/t25-,26+,29-,31?,33-,34-/m0/s1. The minimum atomic E-state index is -0.162. The van der Waals surface area contributed by atoms with Gasteiger partial charge in [-0.15, -0.1) is 0 Å².